The van der Waals surface area contributed by atoms with Gasteiger partial charge in [-0.15, -0.1) is 11.8 Å². The van der Waals surface area contributed by atoms with Gasteiger partial charge in [0.05, 0.1) is 10.9 Å². The molecule has 0 spiro atoms. The van der Waals surface area contributed by atoms with Crippen LogP contribution in [0.25, 0.3) is 0 Å². The number of fused-ring (bicyclic) bond motifs is 1. The molecule has 1 N–H and O–H groups in total. The van der Waals surface area contributed by atoms with Crippen molar-refractivity contribution in [2.75, 3.05) is 5.32 Å². The van der Waals surface area contributed by atoms with Crippen LogP contribution in [0.5, 0.6) is 0 Å². The van der Waals surface area contributed by atoms with Crippen molar-refractivity contribution >= 4 is 23.4 Å². The summed E-state index contributed by atoms with van der Waals surface area (Å²) < 4.78 is 0. The Morgan fingerprint density at radius 3 is 3.00 bits per heavy atom. The van der Waals surface area contributed by atoms with Crippen LogP contribution in [-0.4, -0.2) is 11.2 Å². The van der Waals surface area contributed by atoms with Crippen LogP contribution in [0.2, 0.25) is 0 Å². The molecule has 0 radical (unpaired) electrons. The molecule has 0 aromatic heterocycles. The van der Waals surface area contributed by atoms with Gasteiger partial charge < -0.3 is 5.32 Å². The minimum absolute atomic E-state index is 0.0277. The van der Waals surface area contributed by atoms with E-state index in [-0.39, 0.29) is 11.2 Å². The number of thioether (sulfide) groups is 1. The lowest BCUT2D eigenvalue weighted by Gasteiger charge is -2.20. The van der Waals surface area contributed by atoms with Crippen molar-refractivity contribution in [1.29, 1.82) is 0 Å². The van der Waals surface area contributed by atoms with Gasteiger partial charge in [0.1, 0.15) is 0 Å². The SMILES string of the molecule is C[C@@H]1Sc2ccccc2NC1=O. The van der Waals surface area contributed by atoms with Gasteiger partial charge in [-0.2, -0.15) is 0 Å². The molecule has 1 aliphatic heterocycles. The molecule has 3 heteroatoms. The van der Waals surface area contributed by atoms with E-state index in [9.17, 15) is 4.79 Å². The molecule has 1 atom stereocenters. The van der Waals surface area contributed by atoms with E-state index in [4.69, 9.17) is 0 Å². The zero-order valence-corrected chi connectivity index (χ0v) is 7.52. The largest absolute Gasteiger partial charge is 0.324 e. The Morgan fingerprint density at radius 1 is 1.42 bits per heavy atom. The number of para-hydroxylation sites is 1. The van der Waals surface area contributed by atoms with Crippen molar-refractivity contribution in [1.82, 2.24) is 0 Å². The molecule has 1 aromatic carbocycles. The first-order valence-corrected chi connectivity index (χ1v) is 4.72. The summed E-state index contributed by atoms with van der Waals surface area (Å²) in [5.41, 5.74) is 0.936. The van der Waals surface area contributed by atoms with Crippen molar-refractivity contribution in [3.8, 4) is 0 Å². The molecule has 0 saturated carbocycles. The van der Waals surface area contributed by atoms with Crippen LogP contribution in [0, 0.1) is 0 Å². The lowest BCUT2D eigenvalue weighted by molar-refractivity contribution is -0.115. The Balaban J connectivity index is 2.40. The summed E-state index contributed by atoms with van der Waals surface area (Å²) >= 11 is 1.61. The molecule has 1 aliphatic rings. The molecule has 12 heavy (non-hydrogen) atoms. The van der Waals surface area contributed by atoms with Gasteiger partial charge in [0, 0.05) is 4.90 Å². The fourth-order valence-electron chi connectivity index (χ4n) is 1.15. The first kappa shape index (κ1) is 7.68. The average molecular weight is 179 g/mol. The number of hydrogen-bond donors (Lipinski definition) is 1. The van der Waals surface area contributed by atoms with Crippen molar-refractivity contribution in [3.05, 3.63) is 24.3 Å². The molecule has 2 nitrogen and oxygen atoms in total. The molecule has 0 bridgehead atoms. The van der Waals surface area contributed by atoms with Crippen molar-refractivity contribution < 1.29 is 4.79 Å². The van der Waals surface area contributed by atoms with Gasteiger partial charge in [0.15, 0.2) is 0 Å². The Labute approximate surface area is 75.4 Å². The van der Waals surface area contributed by atoms with Crippen LogP contribution in [-0.2, 0) is 4.79 Å². The second-order valence-electron chi connectivity index (χ2n) is 2.75. The monoisotopic (exact) mass is 179 g/mol. The quantitative estimate of drug-likeness (QED) is 0.661. The minimum atomic E-state index is 0.0277. The van der Waals surface area contributed by atoms with E-state index < -0.39 is 0 Å². The minimum Gasteiger partial charge on any atom is -0.324 e. The van der Waals surface area contributed by atoms with E-state index in [2.05, 4.69) is 5.32 Å². The number of rotatable bonds is 0. The second kappa shape index (κ2) is 2.83. The van der Waals surface area contributed by atoms with E-state index in [0.717, 1.165) is 10.6 Å². The third kappa shape index (κ3) is 1.20. The number of carbonyl (C=O) groups excluding carboxylic acids is 1. The molecule has 1 aromatic rings. The van der Waals surface area contributed by atoms with E-state index in [1.54, 1.807) is 11.8 Å². The highest BCUT2D eigenvalue weighted by Crippen LogP contribution is 2.34. The van der Waals surface area contributed by atoms with E-state index in [0.29, 0.717) is 0 Å². The van der Waals surface area contributed by atoms with Crippen molar-refractivity contribution in [2.45, 2.75) is 17.1 Å². The molecule has 2 rings (SSSR count). The summed E-state index contributed by atoms with van der Waals surface area (Å²) in [7, 11) is 0. The molecule has 0 aliphatic carbocycles. The zero-order valence-electron chi connectivity index (χ0n) is 6.70. The number of amides is 1. The van der Waals surface area contributed by atoms with Crippen LogP contribution in [0.3, 0.4) is 0 Å². The van der Waals surface area contributed by atoms with Gasteiger partial charge in [0.25, 0.3) is 0 Å². The number of benzene rings is 1. The first-order valence-electron chi connectivity index (χ1n) is 3.84. The van der Waals surface area contributed by atoms with Crippen LogP contribution >= 0.6 is 11.8 Å². The van der Waals surface area contributed by atoms with Crippen LogP contribution in [0.1, 0.15) is 6.92 Å². The molecule has 0 unspecified atom stereocenters. The maximum Gasteiger partial charge on any atom is 0.237 e. The van der Waals surface area contributed by atoms with Crippen molar-refractivity contribution in [2.24, 2.45) is 0 Å². The predicted molar refractivity (Wildman–Crippen MR) is 50.4 cm³/mol. The van der Waals surface area contributed by atoms with Gasteiger partial charge in [-0.25, -0.2) is 0 Å². The highest BCUT2D eigenvalue weighted by atomic mass is 32.2. The molecule has 1 amide bonds. The number of carbonyl (C=O) groups is 1. The van der Waals surface area contributed by atoms with Crippen LogP contribution < -0.4 is 5.32 Å². The van der Waals surface area contributed by atoms with Crippen LogP contribution in [0.15, 0.2) is 29.2 Å². The van der Waals surface area contributed by atoms with E-state index >= 15 is 0 Å². The average Bonchev–Trinajstić information content (AvgIpc) is 2.07. The Kier molecular flexibility index (Phi) is 1.81. The zero-order chi connectivity index (χ0) is 8.55. The topological polar surface area (TPSA) is 29.1 Å². The van der Waals surface area contributed by atoms with Gasteiger partial charge in [-0.3, -0.25) is 4.79 Å². The second-order valence-corrected chi connectivity index (χ2v) is 4.13. The molecule has 0 saturated heterocycles. The maximum atomic E-state index is 11.2. The maximum absolute atomic E-state index is 11.2. The third-order valence-electron chi connectivity index (χ3n) is 1.82. The van der Waals surface area contributed by atoms with Crippen molar-refractivity contribution in [3.63, 3.8) is 0 Å². The number of nitrogens with one attached hydrogen (secondary N) is 1. The van der Waals surface area contributed by atoms with Crippen LogP contribution in [0.4, 0.5) is 5.69 Å². The van der Waals surface area contributed by atoms with Gasteiger partial charge in [-0.1, -0.05) is 12.1 Å². The Morgan fingerprint density at radius 2 is 2.17 bits per heavy atom. The summed E-state index contributed by atoms with van der Waals surface area (Å²) in [6.07, 6.45) is 0. The number of hydrogen-bond acceptors (Lipinski definition) is 2. The van der Waals surface area contributed by atoms with E-state index in [1.807, 2.05) is 31.2 Å². The number of anilines is 1. The summed E-state index contributed by atoms with van der Waals surface area (Å²) in [6, 6.07) is 7.85. The summed E-state index contributed by atoms with van der Waals surface area (Å²) in [5, 5.41) is 2.88. The standard InChI is InChI=1S/C9H9NOS/c1-6-9(11)10-7-4-2-3-5-8(7)12-6/h2-6H,1H3,(H,10,11)/t6-/m0/s1. The highest BCUT2D eigenvalue weighted by molar-refractivity contribution is 8.00. The molecule has 0 fully saturated rings. The third-order valence-corrected chi connectivity index (χ3v) is 3.00. The molecular formula is C9H9NOS. The normalized spacial score (nSPS) is 21.4. The molecule has 62 valence electrons. The smallest absolute Gasteiger partial charge is 0.237 e. The highest BCUT2D eigenvalue weighted by Gasteiger charge is 2.21. The molecular weight excluding hydrogens is 170 g/mol. The molecule has 1 heterocycles. The lowest BCUT2D eigenvalue weighted by atomic mass is 10.3. The van der Waals surface area contributed by atoms with Gasteiger partial charge >= 0.3 is 0 Å². The Hall–Kier alpha value is -0.960. The summed E-state index contributed by atoms with van der Waals surface area (Å²) in [4.78, 5) is 12.4. The first-order chi connectivity index (χ1) is 5.77. The fraction of sp³-hybridized carbons (Fsp3) is 0.222. The fourth-order valence-corrected chi connectivity index (χ4v) is 2.10. The van der Waals surface area contributed by atoms with Gasteiger partial charge in [0.2, 0.25) is 5.91 Å². The van der Waals surface area contributed by atoms with Gasteiger partial charge in [-0.05, 0) is 19.1 Å². The van der Waals surface area contributed by atoms with E-state index in [1.165, 1.54) is 0 Å². The summed E-state index contributed by atoms with van der Waals surface area (Å²) in [6.45, 7) is 1.91. The Bertz CT molecular complexity index is 324. The lowest BCUT2D eigenvalue weighted by Crippen LogP contribution is -2.26. The summed E-state index contributed by atoms with van der Waals surface area (Å²) in [5.74, 6) is 0.0960. The predicted octanol–water partition coefficient (Wildman–Crippen LogP) is 2.12.